The highest BCUT2D eigenvalue weighted by molar-refractivity contribution is 6.39. The van der Waals surface area contributed by atoms with Crippen molar-refractivity contribution in [3.8, 4) is 11.3 Å². The number of rotatable bonds is 38. The molecule has 0 unspecified atom stereocenters. The van der Waals surface area contributed by atoms with Crippen LogP contribution in [0.4, 0.5) is 11.8 Å². The Morgan fingerprint density at radius 1 is 0.746 bits per heavy atom. The number of fused-ring (bicyclic) bond motifs is 5. The smallest absolute Gasteiger partial charge is 0.329 e. The number of carbonyl (C=O) groups is 7. The molecule has 1 aromatic carbocycles. The van der Waals surface area contributed by atoms with Crippen LogP contribution in [-0.4, -0.2) is 257 Å². The van der Waals surface area contributed by atoms with Crippen LogP contribution in [0.25, 0.3) is 33.4 Å². The average Bonchev–Trinajstić information content (AvgIpc) is 1.52. The zero-order valence-corrected chi connectivity index (χ0v) is 72.7. The molecule has 3 fully saturated rings. The van der Waals surface area contributed by atoms with Crippen LogP contribution in [0.3, 0.4) is 0 Å². The van der Waals surface area contributed by atoms with Crippen molar-refractivity contribution in [2.75, 3.05) is 112 Å². The average molecular weight is 1710 g/mol. The van der Waals surface area contributed by atoms with E-state index in [1.54, 1.807) is 63.4 Å². The van der Waals surface area contributed by atoms with Gasteiger partial charge in [-0.05, 0) is 164 Å². The quantitative estimate of drug-likeness (QED) is 0.00852. The Labute approximate surface area is 715 Å². The molecule has 34 nitrogen and oxygen atoms in total. The van der Waals surface area contributed by atoms with Gasteiger partial charge in [-0.15, -0.1) is 5.10 Å². The number of aryl methyl sites for hydroxylation is 2. The molecule has 0 spiro atoms. The topological polar surface area (TPSA) is 458 Å². The van der Waals surface area contributed by atoms with Crippen molar-refractivity contribution in [2.45, 2.75) is 250 Å². The number of oxazole rings is 1. The Morgan fingerprint density at radius 3 is 2.20 bits per heavy atom. The number of esters is 1. The van der Waals surface area contributed by atoms with E-state index in [-0.39, 0.29) is 92.1 Å². The van der Waals surface area contributed by atoms with Crippen molar-refractivity contribution in [2.24, 2.45) is 35.3 Å². The van der Waals surface area contributed by atoms with Crippen LogP contribution in [-0.2, 0) is 100 Å². The van der Waals surface area contributed by atoms with Crippen LogP contribution in [0, 0.1) is 29.6 Å². The lowest BCUT2D eigenvalue weighted by Gasteiger charge is -2.42. The van der Waals surface area contributed by atoms with Crippen molar-refractivity contribution in [1.82, 2.24) is 55.3 Å². The number of nitrogens with two attached hydrogens (primary N) is 3. The van der Waals surface area contributed by atoms with Crippen LogP contribution >= 0.6 is 0 Å². The predicted octanol–water partition coefficient (Wildman–Crippen LogP) is 7.96. The lowest BCUT2D eigenvalue weighted by atomic mass is 9.80. The van der Waals surface area contributed by atoms with Gasteiger partial charge in [-0.2, -0.15) is 10.1 Å². The van der Waals surface area contributed by atoms with Gasteiger partial charge in [0.15, 0.2) is 17.0 Å². The van der Waals surface area contributed by atoms with E-state index in [0.29, 0.717) is 208 Å². The molecule has 3 amide bonds. The second-order valence-corrected chi connectivity index (χ2v) is 32.9. The maximum Gasteiger partial charge on any atom is 0.329 e. The number of hydrogen-bond donors (Lipinski definition) is 7. The number of ether oxygens (including phenoxy) is 10. The number of carbonyl (C=O) groups excluding carboxylic acids is 7. The zero-order valence-electron chi connectivity index (χ0n) is 72.7. The molecule has 10 N–H and O–H groups in total. The van der Waals surface area contributed by atoms with Gasteiger partial charge < -0.3 is 94.7 Å². The summed E-state index contributed by atoms with van der Waals surface area (Å²) in [7, 11) is 4.59. The zero-order chi connectivity index (χ0) is 87.7. The van der Waals surface area contributed by atoms with Gasteiger partial charge >= 0.3 is 5.97 Å². The third-order valence-corrected chi connectivity index (χ3v) is 23.5. The second kappa shape index (κ2) is 49.7. The number of nitrogens with one attached hydrogen (secondary N) is 2. The van der Waals surface area contributed by atoms with Gasteiger partial charge in [0, 0.05) is 122 Å². The van der Waals surface area contributed by atoms with E-state index < -0.39 is 83.8 Å². The molecule has 5 aromatic rings. The first kappa shape index (κ1) is 97.2. The predicted molar refractivity (Wildman–Crippen MR) is 455 cm³/mol. The van der Waals surface area contributed by atoms with Gasteiger partial charge in [-0.25, -0.2) is 24.1 Å². The van der Waals surface area contributed by atoms with E-state index in [2.05, 4.69) is 35.9 Å². The molecule has 7 heterocycles. The Kier molecular flexibility index (Phi) is 39.6. The summed E-state index contributed by atoms with van der Waals surface area (Å²) >= 11 is 0. The van der Waals surface area contributed by atoms with Crippen LogP contribution in [0.2, 0.25) is 0 Å². The molecule has 9 rings (SSSR count). The number of anilines is 2. The van der Waals surface area contributed by atoms with Crippen LogP contribution in [0.15, 0.2) is 82.7 Å². The minimum Gasteiger partial charge on any atom is -0.459 e. The fourth-order valence-electron chi connectivity index (χ4n) is 16.3. The van der Waals surface area contributed by atoms with E-state index >= 15 is 0 Å². The molecule has 674 valence electrons. The van der Waals surface area contributed by atoms with Gasteiger partial charge in [0.05, 0.1) is 88.3 Å². The molecule has 0 radical (unpaired) electrons. The van der Waals surface area contributed by atoms with E-state index in [0.717, 1.165) is 41.0 Å². The van der Waals surface area contributed by atoms with Crippen molar-refractivity contribution in [3.05, 3.63) is 84.0 Å². The number of benzene rings is 1. The highest BCUT2D eigenvalue weighted by atomic mass is 16.6. The number of allylic oxidation sites excluding steroid dienone is 6. The summed E-state index contributed by atoms with van der Waals surface area (Å²) in [4.78, 5) is 111. The summed E-state index contributed by atoms with van der Waals surface area (Å²) in [5, 5.41) is 43.7. The number of methoxy groups -OCH3 is 3. The first-order chi connectivity index (χ1) is 58.8. The fraction of sp³-hybridized carbons (Fsp3) is 0.670. The number of cyclic esters (lactones) is 1. The number of ketones is 3. The molecule has 4 aromatic heterocycles. The van der Waals surface area contributed by atoms with Crippen molar-refractivity contribution in [1.29, 1.82) is 0 Å². The number of piperidine rings is 1. The number of nitrogens with zero attached hydrogens (tertiary/aromatic N) is 9. The van der Waals surface area contributed by atoms with Gasteiger partial charge in [0.25, 0.3) is 17.7 Å². The summed E-state index contributed by atoms with van der Waals surface area (Å²) in [6.45, 7) is 16.6. The Bertz CT molecular complexity index is 4300. The van der Waals surface area contributed by atoms with E-state index in [9.17, 15) is 43.8 Å². The van der Waals surface area contributed by atoms with Crippen LogP contribution < -0.4 is 27.8 Å². The van der Waals surface area contributed by atoms with Crippen LogP contribution in [0.5, 0.6) is 0 Å². The molecule has 2 saturated heterocycles. The van der Waals surface area contributed by atoms with E-state index in [4.69, 9.17) is 74.1 Å². The summed E-state index contributed by atoms with van der Waals surface area (Å²) in [5.41, 5.74) is 24.3. The number of unbranched alkanes of at least 4 members (excludes halogenated alkanes) is 2. The van der Waals surface area contributed by atoms with Crippen molar-refractivity contribution < 1.29 is 95.6 Å². The molecule has 34 heteroatoms. The number of nitrogen functional groups attached to an aromatic ring is 2. The van der Waals surface area contributed by atoms with Crippen molar-refractivity contribution in [3.63, 3.8) is 0 Å². The molecule has 2 bridgehead atoms. The Morgan fingerprint density at radius 2 is 1.48 bits per heavy atom. The number of aliphatic hydroxyl groups excluding tert-OH is 1. The van der Waals surface area contributed by atoms with Gasteiger partial charge in [0.2, 0.25) is 17.6 Å². The SMILES string of the molecule is CO[C@H]1C[C@@H]2CC[C@@H](C)[C@@](O)(O2)C(=O)C(=O)N2CCCC[C@H]2C(=O)O[C@H]([C@H](N)C[C@@H]2CC[C@@H](OCCCCc3cn(CCOCCOCCOCCOCCCNC(=O)CCCC(=O)NCCCCn4nc(-c5ccc6oc(N)nc6c5)c5c(N)ncnc54)nn3)[C@H](OC)C2)CC(=O)[C@H](C)/C=C(\C)[C@@H](O)[C@@H](OC)C(=O)[C@H](C)C[C@H](C)/C=C/C=CC=C1C. The summed E-state index contributed by atoms with van der Waals surface area (Å²) < 4.78 is 68.2. The molecule has 15 atom stereocenters. The largest absolute Gasteiger partial charge is 0.459 e. The molecule has 1 aliphatic carbocycles. The summed E-state index contributed by atoms with van der Waals surface area (Å²) in [5.74, 6) is -8.22. The normalized spacial score (nSPS) is 26.4. The van der Waals surface area contributed by atoms with E-state index in [1.165, 1.54) is 13.4 Å². The number of hydrogen-bond acceptors (Lipinski definition) is 29. The van der Waals surface area contributed by atoms with Gasteiger partial charge in [-0.3, -0.25) is 28.8 Å². The second-order valence-electron chi connectivity index (χ2n) is 32.9. The number of Topliss-reactive ketones (excluding diaryl/α,β-unsaturated/α-hetero) is 3. The number of amides is 3. The highest BCUT2D eigenvalue weighted by Crippen LogP contribution is 2.39. The summed E-state index contributed by atoms with van der Waals surface area (Å²) in [6, 6.07) is 3.44. The summed E-state index contributed by atoms with van der Waals surface area (Å²) in [6.07, 6.45) is 19.2. The van der Waals surface area contributed by atoms with Crippen LogP contribution in [0.1, 0.15) is 176 Å². The first-order valence-corrected chi connectivity index (χ1v) is 43.5. The van der Waals surface area contributed by atoms with E-state index in [1.807, 2.05) is 62.6 Å². The van der Waals surface area contributed by atoms with Crippen molar-refractivity contribution >= 4 is 75.0 Å². The maximum absolute atomic E-state index is 14.7. The first-order valence-electron chi connectivity index (χ1n) is 43.5. The number of aromatic nitrogens is 8. The Hall–Kier alpha value is -8.65. The minimum absolute atomic E-state index is 0.0163. The van der Waals surface area contributed by atoms with Gasteiger partial charge in [0.1, 0.15) is 53.5 Å². The monoisotopic (exact) mass is 1700 g/mol. The molecular weight excluding hydrogens is 1570 g/mol. The minimum atomic E-state index is -2.48. The molecule has 3 aliphatic heterocycles. The number of aliphatic hydroxyl groups is 2. The lowest BCUT2D eigenvalue weighted by Crippen LogP contribution is -2.61. The lowest BCUT2D eigenvalue weighted by molar-refractivity contribution is -0.265. The Balaban J connectivity index is 0.622. The highest BCUT2D eigenvalue weighted by Gasteiger charge is 2.53. The van der Waals surface area contributed by atoms with Gasteiger partial charge in [-0.1, -0.05) is 69.4 Å². The standard InChI is InChI=1S/C88H132N14O20/c1-56-21-11-10-12-22-57(2)72(112-7)52-65-30-27-61(6)88(111,122-65)82(108)85(109)101-35-16-13-24-68(101)86(110)120-73(53-69(103)58(3)48-60(5)80(107)81(114-9)79(106)59(4)47-56)66(89)49-62-28-31-71(74(50-62)113-8)119-39-18-14-23-64-54-100(99-97-64)37-40-116-42-44-118-46-45-117-43-41-115-38-20-34-93-76(105)26-19-25-75(104)92-33-15-17-36-102-84-77(83(90)94-55-95-84)78(98-102)63-29-32-70-67(51-63)96-87(91)121-70/h10-12,21-22,29,32,48,51,54-56,58-59,61-62,65-66,68,71-74,80-81,107,111H,13-20,23-28,30-31,33-47,49-50,52-53,89H2,1-9H3,(H2,91,96)(H,92,104)(H,93,105)(H2,90,94,95)/b12-10?,21-11+,57-22?,60-48+/t56-,58-,59-,61-,62+,65+,66-,68+,71-,72+,73+,74-,80-,81+,88-/m1/s1. The molecule has 1 saturated carbocycles. The molecule has 4 aliphatic rings. The molecule has 122 heavy (non-hydrogen) atoms. The molecular formula is C88H132N14O20. The fourth-order valence-corrected chi connectivity index (χ4v) is 16.3. The third-order valence-electron chi connectivity index (χ3n) is 23.5. The maximum atomic E-state index is 14.7. The third kappa shape index (κ3) is 29.0.